The van der Waals surface area contributed by atoms with Gasteiger partial charge in [0.25, 0.3) is 5.91 Å². The fraction of sp³-hybridized carbons (Fsp3) is 0.500. The maximum atomic E-state index is 12.4. The van der Waals surface area contributed by atoms with Crippen LogP contribution in [0, 0.1) is 0 Å². The number of hydrogen-bond acceptors (Lipinski definition) is 5. The van der Waals surface area contributed by atoms with Gasteiger partial charge in [0.1, 0.15) is 5.75 Å². The molecule has 1 aliphatic rings. The zero-order chi connectivity index (χ0) is 16.3. The Hall–Kier alpha value is -1.12. The van der Waals surface area contributed by atoms with Crippen LogP contribution in [0.25, 0.3) is 0 Å². The number of hydrazine groups is 1. The van der Waals surface area contributed by atoms with E-state index in [0.717, 1.165) is 4.47 Å². The molecule has 6 nitrogen and oxygen atoms in total. The van der Waals surface area contributed by atoms with Gasteiger partial charge in [-0.25, -0.2) is 13.4 Å². The van der Waals surface area contributed by atoms with Gasteiger partial charge in [0.15, 0.2) is 16.4 Å². The van der Waals surface area contributed by atoms with Crippen molar-refractivity contribution >= 4 is 31.7 Å². The molecule has 1 amide bonds. The molecule has 1 fully saturated rings. The van der Waals surface area contributed by atoms with Gasteiger partial charge in [-0.1, -0.05) is 15.9 Å². The number of hydrogen-bond donors (Lipinski definition) is 0. The molecule has 0 saturated carbocycles. The molecule has 0 radical (unpaired) electrons. The Morgan fingerprint density at radius 1 is 1.32 bits per heavy atom. The number of benzene rings is 1. The zero-order valence-electron chi connectivity index (χ0n) is 12.5. The highest BCUT2D eigenvalue weighted by molar-refractivity contribution is 9.10. The monoisotopic (exact) mass is 390 g/mol. The molecule has 0 spiro atoms. The SMILES string of the molecule is CN(C)N(C(=O)COc1ccc(Br)cc1)[C@H]1CCS(=O)(=O)C1. The third-order valence-corrected chi connectivity index (χ3v) is 5.70. The Morgan fingerprint density at radius 3 is 2.45 bits per heavy atom. The molecular formula is C14H19BrN2O4S. The van der Waals surface area contributed by atoms with Gasteiger partial charge in [-0.3, -0.25) is 9.80 Å². The number of carbonyl (C=O) groups excluding carboxylic acids is 1. The average molecular weight is 391 g/mol. The second-order valence-electron chi connectivity index (χ2n) is 5.38. The van der Waals surface area contributed by atoms with Gasteiger partial charge in [0.05, 0.1) is 17.5 Å². The second kappa shape index (κ2) is 6.97. The number of sulfone groups is 1. The molecule has 22 heavy (non-hydrogen) atoms. The lowest BCUT2D eigenvalue weighted by molar-refractivity contribution is -0.151. The van der Waals surface area contributed by atoms with Crippen molar-refractivity contribution < 1.29 is 17.9 Å². The fourth-order valence-electron chi connectivity index (χ4n) is 2.46. The van der Waals surface area contributed by atoms with Gasteiger partial charge < -0.3 is 4.74 Å². The van der Waals surface area contributed by atoms with Crippen LogP contribution in [0.3, 0.4) is 0 Å². The highest BCUT2D eigenvalue weighted by Gasteiger charge is 2.36. The minimum Gasteiger partial charge on any atom is -0.484 e. The molecule has 122 valence electrons. The van der Waals surface area contributed by atoms with Crippen molar-refractivity contribution in [3.8, 4) is 5.75 Å². The summed E-state index contributed by atoms with van der Waals surface area (Å²) in [5, 5.41) is 3.10. The summed E-state index contributed by atoms with van der Waals surface area (Å²) in [6, 6.07) is 6.86. The lowest BCUT2D eigenvalue weighted by atomic mass is 10.2. The van der Waals surface area contributed by atoms with Crippen molar-refractivity contribution in [2.75, 3.05) is 32.2 Å². The third-order valence-electron chi connectivity index (χ3n) is 3.42. The van der Waals surface area contributed by atoms with Gasteiger partial charge >= 0.3 is 0 Å². The first kappa shape index (κ1) is 17.2. The van der Waals surface area contributed by atoms with Gasteiger partial charge in [-0.15, -0.1) is 0 Å². The number of halogens is 1. The molecule has 1 heterocycles. The third kappa shape index (κ3) is 4.44. The molecule has 0 N–H and O–H groups in total. The van der Waals surface area contributed by atoms with Crippen molar-refractivity contribution in [1.82, 2.24) is 10.0 Å². The normalized spacial score (nSPS) is 20.1. The van der Waals surface area contributed by atoms with E-state index < -0.39 is 9.84 Å². The first-order chi connectivity index (χ1) is 10.3. The number of rotatable bonds is 5. The fourth-order valence-corrected chi connectivity index (χ4v) is 4.42. The zero-order valence-corrected chi connectivity index (χ0v) is 14.9. The summed E-state index contributed by atoms with van der Waals surface area (Å²) in [6.45, 7) is -0.129. The van der Waals surface area contributed by atoms with E-state index in [1.807, 2.05) is 12.1 Å². The first-order valence-corrected chi connectivity index (χ1v) is 9.48. The van der Waals surface area contributed by atoms with Crippen LogP contribution in [0.5, 0.6) is 5.75 Å². The minimum absolute atomic E-state index is 0.00913. The van der Waals surface area contributed by atoms with E-state index in [-0.39, 0.29) is 30.1 Å². The summed E-state index contributed by atoms with van der Waals surface area (Å²) in [7, 11) is 0.403. The first-order valence-electron chi connectivity index (χ1n) is 6.86. The molecule has 0 unspecified atom stereocenters. The van der Waals surface area contributed by atoms with Crippen LogP contribution >= 0.6 is 15.9 Å². The number of carbonyl (C=O) groups is 1. The van der Waals surface area contributed by atoms with Crippen molar-refractivity contribution in [2.45, 2.75) is 12.5 Å². The second-order valence-corrected chi connectivity index (χ2v) is 8.53. The maximum absolute atomic E-state index is 12.4. The molecule has 1 aromatic rings. The predicted molar refractivity (Wildman–Crippen MR) is 87.2 cm³/mol. The number of ether oxygens (including phenoxy) is 1. The summed E-state index contributed by atoms with van der Waals surface area (Å²) in [5.41, 5.74) is 0. The molecule has 1 aromatic carbocycles. The highest BCUT2D eigenvalue weighted by atomic mass is 79.9. The highest BCUT2D eigenvalue weighted by Crippen LogP contribution is 2.20. The van der Waals surface area contributed by atoms with Crippen LogP contribution in [0.1, 0.15) is 6.42 Å². The molecule has 0 aromatic heterocycles. The van der Waals surface area contributed by atoms with Gasteiger partial charge in [-0.2, -0.15) is 0 Å². The molecule has 0 aliphatic carbocycles. The number of amides is 1. The van der Waals surface area contributed by atoms with Crippen LogP contribution in [0.15, 0.2) is 28.7 Å². The summed E-state index contributed by atoms with van der Waals surface area (Å²) in [6.07, 6.45) is 0.463. The minimum atomic E-state index is -3.05. The van der Waals surface area contributed by atoms with E-state index in [0.29, 0.717) is 12.2 Å². The molecule has 0 bridgehead atoms. The largest absolute Gasteiger partial charge is 0.484 e. The Labute approximate surface area is 139 Å². The smallest absolute Gasteiger partial charge is 0.275 e. The Kier molecular flexibility index (Phi) is 5.46. The molecule has 1 saturated heterocycles. The van der Waals surface area contributed by atoms with Crippen LogP contribution in [-0.2, 0) is 14.6 Å². The van der Waals surface area contributed by atoms with Crippen molar-refractivity contribution in [2.24, 2.45) is 0 Å². The van der Waals surface area contributed by atoms with E-state index in [1.165, 1.54) is 5.01 Å². The standard InChI is InChI=1S/C14H19BrN2O4S/c1-16(2)17(12-7-8-22(19,20)10-12)14(18)9-21-13-5-3-11(15)4-6-13/h3-6,12H,7-10H2,1-2H3/t12-/m0/s1. The van der Waals surface area contributed by atoms with Crippen molar-refractivity contribution in [3.63, 3.8) is 0 Å². The average Bonchev–Trinajstić information content (AvgIpc) is 2.78. The van der Waals surface area contributed by atoms with E-state index in [1.54, 1.807) is 31.2 Å². The quantitative estimate of drug-likeness (QED) is 0.709. The lowest BCUT2D eigenvalue weighted by Crippen LogP contribution is -2.51. The molecular weight excluding hydrogens is 372 g/mol. The Morgan fingerprint density at radius 2 is 1.95 bits per heavy atom. The maximum Gasteiger partial charge on any atom is 0.275 e. The van der Waals surface area contributed by atoms with Crippen LogP contribution < -0.4 is 4.74 Å². The molecule has 1 aliphatic heterocycles. The summed E-state index contributed by atoms with van der Waals surface area (Å²) in [4.78, 5) is 12.4. The number of nitrogens with zero attached hydrogens (tertiary/aromatic N) is 2. The summed E-state index contributed by atoms with van der Waals surface area (Å²) >= 11 is 3.33. The van der Waals surface area contributed by atoms with Crippen LogP contribution in [0.2, 0.25) is 0 Å². The van der Waals surface area contributed by atoms with Crippen molar-refractivity contribution in [3.05, 3.63) is 28.7 Å². The topological polar surface area (TPSA) is 66.9 Å². The Balaban J connectivity index is 2.00. The lowest BCUT2D eigenvalue weighted by Gasteiger charge is -2.33. The Bertz CT molecular complexity index is 631. The summed E-state index contributed by atoms with van der Waals surface area (Å²) < 4.78 is 29.6. The molecule has 8 heteroatoms. The summed E-state index contributed by atoms with van der Waals surface area (Å²) in [5.74, 6) is 0.474. The van der Waals surface area contributed by atoms with Gasteiger partial charge in [0, 0.05) is 18.6 Å². The van der Waals surface area contributed by atoms with Gasteiger partial charge in [0.2, 0.25) is 0 Å². The van der Waals surface area contributed by atoms with Crippen LogP contribution in [-0.4, -0.2) is 62.6 Å². The van der Waals surface area contributed by atoms with E-state index in [9.17, 15) is 13.2 Å². The molecule has 1 atom stereocenters. The van der Waals surface area contributed by atoms with E-state index >= 15 is 0 Å². The van der Waals surface area contributed by atoms with E-state index in [2.05, 4.69) is 15.9 Å². The van der Waals surface area contributed by atoms with Gasteiger partial charge in [-0.05, 0) is 30.7 Å². The van der Waals surface area contributed by atoms with Crippen molar-refractivity contribution in [1.29, 1.82) is 0 Å². The van der Waals surface area contributed by atoms with Crippen LogP contribution in [0.4, 0.5) is 0 Å². The van der Waals surface area contributed by atoms with E-state index in [4.69, 9.17) is 4.74 Å². The predicted octanol–water partition coefficient (Wildman–Crippen LogP) is 1.32. The molecule has 2 rings (SSSR count).